The minimum atomic E-state index is 0.133. The summed E-state index contributed by atoms with van der Waals surface area (Å²) in [4.78, 5) is 13.6. The van der Waals surface area contributed by atoms with Crippen molar-refractivity contribution in [3.8, 4) is 0 Å². The Balaban J connectivity index is 2.18. The number of carbonyl (C=O) groups is 1. The van der Waals surface area contributed by atoms with Crippen LogP contribution in [0.5, 0.6) is 0 Å². The van der Waals surface area contributed by atoms with Crippen molar-refractivity contribution in [1.29, 1.82) is 0 Å². The third kappa shape index (κ3) is 3.27. The summed E-state index contributed by atoms with van der Waals surface area (Å²) in [5.74, 6) is 0.133. The molecule has 0 radical (unpaired) electrons. The van der Waals surface area contributed by atoms with E-state index in [0.29, 0.717) is 12.6 Å². The van der Waals surface area contributed by atoms with Gasteiger partial charge in [-0.2, -0.15) is 0 Å². The Kier molecular flexibility index (Phi) is 4.35. The maximum Gasteiger partial charge on any atom is 0.234 e. The van der Waals surface area contributed by atoms with Crippen molar-refractivity contribution in [1.82, 2.24) is 15.5 Å². The van der Waals surface area contributed by atoms with Gasteiger partial charge in [0.25, 0.3) is 0 Å². The van der Waals surface area contributed by atoms with Gasteiger partial charge in [0.05, 0.1) is 6.54 Å². The maximum absolute atomic E-state index is 11.5. The molecule has 4 nitrogen and oxygen atoms in total. The quantitative estimate of drug-likeness (QED) is 0.645. The summed E-state index contributed by atoms with van der Waals surface area (Å²) in [7, 11) is 2.00. The molecular weight excluding hydrogens is 178 g/mol. The first-order chi connectivity index (χ1) is 6.63. The largest absolute Gasteiger partial charge is 0.353 e. The first-order valence-electron chi connectivity index (χ1n) is 5.33. The van der Waals surface area contributed by atoms with Crippen molar-refractivity contribution in [2.75, 3.05) is 26.7 Å². The number of nitrogens with one attached hydrogen (secondary N) is 2. The highest BCUT2D eigenvalue weighted by molar-refractivity contribution is 5.78. The highest BCUT2D eigenvalue weighted by Crippen LogP contribution is 2.01. The van der Waals surface area contributed by atoms with Gasteiger partial charge < -0.3 is 10.6 Å². The minimum absolute atomic E-state index is 0.133. The highest BCUT2D eigenvalue weighted by atomic mass is 16.2. The van der Waals surface area contributed by atoms with Gasteiger partial charge in [0, 0.05) is 25.2 Å². The summed E-state index contributed by atoms with van der Waals surface area (Å²) in [6.07, 6.45) is 0.987. The molecule has 14 heavy (non-hydrogen) atoms. The molecule has 0 aromatic heterocycles. The second-order valence-electron chi connectivity index (χ2n) is 4.10. The lowest BCUT2D eigenvalue weighted by Gasteiger charge is -2.35. The van der Waals surface area contributed by atoms with Crippen LogP contribution in [-0.4, -0.2) is 49.6 Å². The molecule has 82 valence electrons. The van der Waals surface area contributed by atoms with E-state index < -0.39 is 0 Å². The number of rotatable bonds is 5. The molecule has 1 amide bonds. The van der Waals surface area contributed by atoms with Gasteiger partial charge in [0.2, 0.25) is 5.91 Å². The van der Waals surface area contributed by atoms with E-state index in [0.717, 1.165) is 19.5 Å². The molecule has 0 aliphatic carbocycles. The van der Waals surface area contributed by atoms with Crippen LogP contribution < -0.4 is 10.6 Å². The molecule has 1 heterocycles. The van der Waals surface area contributed by atoms with Crippen LogP contribution in [0.15, 0.2) is 0 Å². The van der Waals surface area contributed by atoms with Gasteiger partial charge in [-0.3, -0.25) is 9.69 Å². The zero-order valence-electron chi connectivity index (χ0n) is 9.34. The molecule has 1 saturated heterocycles. The first-order valence-corrected chi connectivity index (χ1v) is 5.33. The maximum atomic E-state index is 11.5. The Morgan fingerprint density at radius 3 is 2.71 bits per heavy atom. The molecule has 1 aliphatic heterocycles. The van der Waals surface area contributed by atoms with Crippen molar-refractivity contribution in [3.63, 3.8) is 0 Å². The van der Waals surface area contributed by atoms with Crippen LogP contribution in [0.25, 0.3) is 0 Å². The number of nitrogens with zero attached hydrogens (tertiary/aromatic N) is 1. The Bertz CT molecular complexity index is 192. The molecule has 1 rings (SSSR count). The summed E-state index contributed by atoms with van der Waals surface area (Å²) in [6, 6.07) is 0.827. The molecule has 1 unspecified atom stereocenters. The summed E-state index contributed by atoms with van der Waals surface area (Å²) in [6.45, 7) is 6.63. The lowest BCUT2D eigenvalue weighted by molar-refractivity contribution is -0.123. The number of amides is 1. The second-order valence-corrected chi connectivity index (χ2v) is 4.10. The minimum Gasteiger partial charge on any atom is -0.353 e. The Morgan fingerprint density at radius 2 is 2.29 bits per heavy atom. The lowest BCUT2D eigenvalue weighted by Crippen LogP contribution is -2.57. The first kappa shape index (κ1) is 11.5. The fraction of sp³-hybridized carbons (Fsp3) is 0.900. The van der Waals surface area contributed by atoms with E-state index in [4.69, 9.17) is 0 Å². The van der Waals surface area contributed by atoms with E-state index in [1.807, 2.05) is 14.0 Å². The van der Waals surface area contributed by atoms with E-state index in [1.54, 1.807) is 0 Å². The molecule has 0 aromatic rings. The van der Waals surface area contributed by atoms with Crippen LogP contribution in [0, 0.1) is 0 Å². The summed E-state index contributed by atoms with van der Waals surface area (Å²) in [5, 5.41) is 6.16. The molecule has 0 aromatic carbocycles. The third-order valence-electron chi connectivity index (χ3n) is 2.80. The van der Waals surface area contributed by atoms with Crippen LogP contribution in [0.4, 0.5) is 0 Å². The van der Waals surface area contributed by atoms with Crippen LogP contribution in [0.2, 0.25) is 0 Å². The molecule has 0 spiro atoms. The van der Waals surface area contributed by atoms with Crippen LogP contribution in [0.1, 0.15) is 20.3 Å². The average molecular weight is 199 g/mol. The fourth-order valence-corrected chi connectivity index (χ4v) is 1.36. The molecule has 2 N–H and O–H groups in total. The van der Waals surface area contributed by atoms with E-state index in [1.165, 1.54) is 0 Å². The summed E-state index contributed by atoms with van der Waals surface area (Å²) >= 11 is 0. The van der Waals surface area contributed by atoms with Crippen LogP contribution >= 0.6 is 0 Å². The number of likely N-dealkylation sites (N-methyl/N-ethyl adjacent to an activating group) is 1. The predicted molar refractivity (Wildman–Crippen MR) is 57.2 cm³/mol. The standard InChI is InChI=1S/C10H21N3O/c1-4-8(2)12-10(14)7-13(3)9-5-11-6-9/h8-9,11H,4-7H2,1-3H3,(H,12,14). The normalized spacial score (nSPS) is 19.1. The van der Waals surface area contributed by atoms with Crippen molar-refractivity contribution in [3.05, 3.63) is 0 Å². The molecule has 1 fully saturated rings. The molecule has 4 heteroatoms. The van der Waals surface area contributed by atoms with Gasteiger partial charge in [-0.05, 0) is 20.4 Å². The third-order valence-corrected chi connectivity index (χ3v) is 2.80. The zero-order valence-corrected chi connectivity index (χ0v) is 9.34. The lowest BCUT2D eigenvalue weighted by atomic mass is 10.1. The predicted octanol–water partition coefficient (Wildman–Crippen LogP) is -0.195. The number of carbonyl (C=O) groups excluding carboxylic acids is 1. The van der Waals surface area contributed by atoms with Crippen LogP contribution in [0.3, 0.4) is 0 Å². The zero-order chi connectivity index (χ0) is 10.6. The smallest absolute Gasteiger partial charge is 0.234 e. The van der Waals surface area contributed by atoms with Crippen molar-refractivity contribution >= 4 is 5.91 Å². The summed E-state index contributed by atoms with van der Waals surface area (Å²) in [5.41, 5.74) is 0. The van der Waals surface area contributed by atoms with E-state index >= 15 is 0 Å². The Hall–Kier alpha value is -0.610. The van der Waals surface area contributed by atoms with Gasteiger partial charge in [-0.25, -0.2) is 0 Å². The monoisotopic (exact) mass is 199 g/mol. The van der Waals surface area contributed by atoms with Crippen molar-refractivity contribution < 1.29 is 4.79 Å². The van der Waals surface area contributed by atoms with Crippen LogP contribution in [-0.2, 0) is 4.79 Å². The molecule has 1 aliphatic rings. The topological polar surface area (TPSA) is 44.4 Å². The molecule has 0 saturated carbocycles. The highest BCUT2D eigenvalue weighted by Gasteiger charge is 2.22. The summed E-state index contributed by atoms with van der Waals surface area (Å²) < 4.78 is 0. The van der Waals surface area contributed by atoms with E-state index in [-0.39, 0.29) is 11.9 Å². The Labute approximate surface area is 86.0 Å². The van der Waals surface area contributed by atoms with E-state index in [2.05, 4.69) is 22.5 Å². The van der Waals surface area contributed by atoms with Gasteiger partial charge in [0.15, 0.2) is 0 Å². The fourth-order valence-electron chi connectivity index (χ4n) is 1.36. The van der Waals surface area contributed by atoms with Gasteiger partial charge in [-0.1, -0.05) is 6.92 Å². The van der Waals surface area contributed by atoms with Gasteiger partial charge in [0.1, 0.15) is 0 Å². The van der Waals surface area contributed by atoms with Crippen molar-refractivity contribution in [2.45, 2.75) is 32.4 Å². The molecular formula is C10H21N3O. The van der Waals surface area contributed by atoms with Gasteiger partial charge >= 0.3 is 0 Å². The molecule has 0 bridgehead atoms. The molecule has 1 atom stereocenters. The number of hydrogen-bond donors (Lipinski definition) is 2. The Morgan fingerprint density at radius 1 is 1.64 bits per heavy atom. The second kappa shape index (κ2) is 5.32. The number of hydrogen-bond acceptors (Lipinski definition) is 3. The van der Waals surface area contributed by atoms with Crippen molar-refractivity contribution in [2.24, 2.45) is 0 Å². The van der Waals surface area contributed by atoms with E-state index in [9.17, 15) is 4.79 Å². The van der Waals surface area contributed by atoms with Gasteiger partial charge in [-0.15, -0.1) is 0 Å². The SMILES string of the molecule is CCC(C)NC(=O)CN(C)C1CNC1. The average Bonchev–Trinajstić information content (AvgIpc) is 1.99.